The lowest BCUT2D eigenvalue weighted by atomic mass is 9.52. The molecule has 6 atom stereocenters. The van der Waals surface area contributed by atoms with E-state index in [0.717, 1.165) is 0 Å². The third-order valence-electron chi connectivity index (χ3n) is 9.08. The van der Waals surface area contributed by atoms with Gasteiger partial charge < -0.3 is 26.0 Å². The number of fused-ring (bicyclic) bond motifs is 3. The van der Waals surface area contributed by atoms with Crippen molar-refractivity contribution >= 4 is 40.9 Å². The van der Waals surface area contributed by atoms with Gasteiger partial charge in [-0.1, -0.05) is 18.2 Å². The largest absolute Gasteiger partial charge is 0.507 e. The number of likely N-dealkylation sites (N-methyl/N-ethyl adjacent to an activating group) is 1. The van der Waals surface area contributed by atoms with Crippen molar-refractivity contribution in [1.29, 1.82) is 0 Å². The fourth-order valence-corrected chi connectivity index (χ4v) is 7.17. The van der Waals surface area contributed by atoms with Crippen molar-refractivity contribution in [2.75, 3.05) is 27.2 Å². The van der Waals surface area contributed by atoms with Crippen molar-refractivity contribution in [2.24, 2.45) is 29.4 Å². The minimum Gasteiger partial charge on any atom is -0.507 e. The summed E-state index contributed by atoms with van der Waals surface area (Å²) in [4.78, 5) is 92.7. The molecule has 2 aromatic rings. The molecule has 2 fully saturated rings. The molecule has 45 heavy (non-hydrogen) atoms. The number of esters is 1. The number of aromatic hydroxyl groups is 1. The van der Waals surface area contributed by atoms with Gasteiger partial charge in [0.1, 0.15) is 12.3 Å². The number of rotatable bonds is 7. The van der Waals surface area contributed by atoms with Crippen LogP contribution in [0.15, 0.2) is 36.4 Å². The quantitative estimate of drug-likeness (QED) is 0.236. The summed E-state index contributed by atoms with van der Waals surface area (Å²) < 4.78 is 4.83. The third kappa shape index (κ3) is 5.01. The van der Waals surface area contributed by atoms with Gasteiger partial charge in [-0.15, -0.1) is 0 Å². The van der Waals surface area contributed by atoms with E-state index < -0.39 is 82.0 Å². The Kier molecular flexibility index (Phi) is 8.19. The van der Waals surface area contributed by atoms with Crippen LogP contribution in [0.2, 0.25) is 0 Å². The molecule has 5 rings (SSSR count). The Morgan fingerprint density at radius 2 is 1.80 bits per heavy atom. The van der Waals surface area contributed by atoms with Crippen LogP contribution in [0.1, 0.15) is 39.6 Å². The van der Waals surface area contributed by atoms with Crippen LogP contribution in [0.25, 0.3) is 11.1 Å². The van der Waals surface area contributed by atoms with E-state index in [1.165, 1.54) is 31.1 Å². The van der Waals surface area contributed by atoms with Crippen LogP contribution in [0.5, 0.6) is 5.75 Å². The van der Waals surface area contributed by atoms with E-state index in [4.69, 9.17) is 10.5 Å². The molecule has 0 spiro atoms. The van der Waals surface area contributed by atoms with E-state index in [-0.39, 0.29) is 37.1 Å². The number of nitrogens with zero attached hydrogens (tertiary/aromatic N) is 1. The number of ketones is 4. The molecule has 13 heteroatoms. The molecule has 3 aliphatic carbocycles. The number of nitrogens with two attached hydrogens (primary N) is 1. The average molecular weight is 620 g/mol. The van der Waals surface area contributed by atoms with Crippen LogP contribution in [-0.2, 0) is 35.1 Å². The van der Waals surface area contributed by atoms with Gasteiger partial charge in [0.05, 0.1) is 24.1 Å². The summed E-state index contributed by atoms with van der Waals surface area (Å²) in [6.45, 7) is 1.48. The average Bonchev–Trinajstić information content (AvgIpc) is 2.97. The first kappa shape index (κ1) is 31.7. The summed E-state index contributed by atoms with van der Waals surface area (Å²) >= 11 is 0. The highest BCUT2D eigenvalue weighted by atomic mass is 16.5. The molecule has 0 aromatic heterocycles. The Hall–Kier alpha value is -4.75. The zero-order valence-electron chi connectivity index (χ0n) is 24.9. The van der Waals surface area contributed by atoms with E-state index in [9.17, 15) is 43.8 Å². The number of phenols is 1. The molecule has 2 aromatic carbocycles. The van der Waals surface area contributed by atoms with Gasteiger partial charge >= 0.3 is 5.97 Å². The fourth-order valence-electron chi connectivity index (χ4n) is 7.17. The first-order valence-corrected chi connectivity index (χ1v) is 14.5. The molecule has 5 N–H and O–H groups in total. The number of hydrogen-bond acceptors (Lipinski definition) is 11. The van der Waals surface area contributed by atoms with Crippen LogP contribution < -0.4 is 11.1 Å². The minimum atomic E-state index is -2.81. The normalized spacial score (nSPS) is 27.4. The Morgan fingerprint density at radius 1 is 1.09 bits per heavy atom. The van der Waals surface area contributed by atoms with Crippen LogP contribution in [0, 0.1) is 23.7 Å². The Balaban J connectivity index is 1.55. The van der Waals surface area contributed by atoms with E-state index in [2.05, 4.69) is 5.32 Å². The van der Waals surface area contributed by atoms with Crippen molar-refractivity contribution in [3.8, 4) is 16.9 Å². The second-order valence-corrected chi connectivity index (χ2v) is 11.8. The number of hydrogen-bond donors (Lipinski definition) is 4. The zero-order valence-corrected chi connectivity index (χ0v) is 24.9. The van der Waals surface area contributed by atoms with Gasteiger partial charge in [0.2, 0.25) is 5.91 Å². The molecule has 0 saturated heterocycles. The lowest BCUT2D eigenvalue weighted by molar-refractivity contribution is -0.181. The number of benzene rings is 2. The maximum Gasteiger partial charge on any atom is 0.325 e. The highest BCUT2D eigenvalue weighted by Crippen LogP contribution is 2.51. The Morgan fingerprint density at radius 3 is 2.44 bits per heavy atom. The van der Waals surface area contributed by atoms with Gasteiger partial charge in [0.15, 0.2) is 34.7 Å². The highest BCUT2D eigenvalue weighted by Gasteiger charge is 2.69. The molecule has 2 amide bonds. The van der Waals surface area contributed by atoms with Crippen LogP contribution >= 0.6 is 0 Å². The number of phenolic OH excluding ortho intramolecular Hbond substituents is 1. The fraction of sp³-hybridized carbons (Fsp3) is 0.406. The van der Waals surface area contributed by atoms with E-state index in [0.29, 0.717) is 16.7 Å². The van der Waals surface area contributed by atoms with E-state index in [1.54, 1.807) is 31.2 Å². The van der Waals surface area contributed by atoms with Gasteiger partial charge in [0, 0.05) is 11.5 Å². The summed E-state index contributed by atoms with van der Waals surface area (Å²) in [5.74, 6) is -12.5. The lowest BCUT2D eigenvalue weighted by Crippen LogP contribution is -2.74. The highest BCUT2D eigenvalue weighted by molar-refractivity contribution is 6.32. The maximum atomic E-state index is 14.0. The van der Waals surface area contributed by atoms with Crippen molar-refractivity contribution in [1.82, 2.24) is 10.2 Å². The lowest BCUT2D eigenvalue weighted by Gasteiger charge is -2.52. The number of ether oxygens (including phenoxy) is 1. The van der Waals surface area contributed by atoms with Crippen LogP contribution in [0.3, 0.4) is 0 Å². The molecule has 3 unspecified atom stereocenters. The van der Waals surface area contributed by atoms with Gasteiger partial charge in [-0.05, 0) is 74.7 Å². The van der Waals surface area contributed by atoms with Crippen LogP contribution in [-0.4, -0.2) is 94.9 Å². The second kappa shape index (κ2) is 11.6. The van der Waals surface area contributed by atoms with E-state index >= 15 is 0 Å². The molecule has 3 aliphatic rings. The number of primary amides is 1. The molecule has 0 heterocycles. The number of carbonyl (C=O) groups is 7. The third-order valence-corrected chi connectivity index (χ3v) is 9.08. The summed E-state index contributed by atoms with van der Waals surface area (Å²) in [7, 11) is 3.03. The van der Waals surface area contributed by atoms with Gasteiger partial charge in [0.25, 0.3) is 5.91 Å². The number of nitrogens with one attached hydrogen (secondary N) is 1. The monoisotopic (exact) mass is 619 g/mol. The summed E-state index contributed by atoms with van der Waals surface area (Å²) in [5.41, 5.74) is 4.01. The standard InChI is InChI=1S/C32H33N3O10/c1-4-45-21(37)13-34-31(43)15-7-5-6-14(10-15)17-8-9-20(36)23-18(17)11-16-12-19-25(35(2)3)27(39)24(30(33)42)29(41)32(19,44)28(40)22(16)26(23)38/h5-10,16,19,22,24-25,36,44H,4,11-13H2,1-3H3,(H2,33,42)(H,34,43)/t16-,19-,22?,24?,25?,32-/m1/s1. The SMILES string of the molecule is CCOC(=O)CNC(=O)c1cccc(-c2ccc(O)c3c2C[C@@H]2C[C@@H]4C(N(C)C)C(=O)C(C(N)=O)C(=O)[C@]4(O)C(=O)C2C3=O)c1. The molecule has 0 bridgehead atoms. The molecule has 2 saturated carbocycles. The predicted molar refractivity (Wildman–Crippen MR) is 156 cm³/mol. The van der Waals surface area contributed by atoms with Gasteiger partial charge in [-0.2, -0.15) is 0 Å². The minimum absolute atomic E-state index is 0.0643. The second-order valence-electron chi connectivity index (χ2n) is 11.8. The summed E-state index contributed by atoms with van der Waals surface area (Å²) in [5, 5.41) is 25.0. The first-order valence-electron chi connectivity index (χ1n) is 14.5. The smallest absolute Gasteiger partial charge is 0.325 e. The molecule has 0 radical (unpaired) electrons. The van der Waals surface area contributed by atoms with Crippen molar-refractivity contribution in [3.05, 3.63) is 53.1 Å². The number of Topliss-reactive ketones (excluding diaryl/α,β-unsaturated/α-hetero) is 4. The topological polar surface area (TPSA) is 210 Å². The molecule has 13 nitrogen and oxygen atoms in total. The van der Waals surface area contributed by atoms with Gasteiger partial charge in [-0.3, -0.25) is 38.5 Å². The van der Waals surface area contributed by atoms with Crippen molar-refractivity contribution in [3.63, 3.8) is 0 Å². The van der Waals surface area contributed by atoms with Crippen molar-refractivity contribution < 1.29 is 48.5 Å². The Bertz CT molecular complexity index is 1670. The van der Waals surface area contributed by atoms with E-state index in [1.807, 2.05) is 0 Å². The first-order chi connectivity index (χ1) is 21.2. The Labute approximate surface area is 257 Å². The number of carbonyl (C=O) groups excluding carboxylic acids is 7. The molecule has 236 valence electrons. The number of aliphatic hydroxyl groups is 1. The summed E-state index contributed by atoms with van der Waals surface area (Å²) in [6.07, 6.45) is -0.0237. The predicted octanol–water partition coefficient (Wildman–Crippen LogP) is -0.173. The number of amides is 2. The maximum absolute atomic E-state index is 14.0. The zero-order chi connectivity index (χ0) is 33.0. The summed E-state index contributed by atoms with van der Waals surface area (Å²) in [6, 6.07) is 8.05. The van der Waals surface area contributed by atoms with Crippen molar-refractivity contribution in [2.45, 2.75) is 31.4 Å². The molecule has 0 aliphatic heterocycles. The van der Waals surface area contributed by atoms with Crippen LogP contribution in [0.4, 0.5) is 0 Å². The molecular formula is C32H33N3O10. The van der Waals surface area contributed by atoms with Gasteiger partial charge in [-0.25, -0.2) is 0 Å². The molecular weight excluding hydrogens is 586 g/mol.